The molecule has 0 unspecified atom stereocenters. The van der Waals surface area contributed by atoms with Crippen LogP contribution in [0.5, 0.6) is 5.88 Å². The summed E-state index contributed by atoms with van der Waals surface area (Å²) in [5.41, 5.74) is -0.666. The summed E-state index contributed by atoms with van der Waals surface area (Å²) in [6.45, 7) is 2.11. The topological polar surface area (TPSA) is 56.1 Å². The Kier molecular flexibility index (Phi) is 4.28. The number of carbonyl (C=O) groups excluding carboxylic acids is 1. The maximum absolute atomic E-state index is 13.3. The van der Waals surface area contributed by atoms with Crippen molar-refractivity contribution in [2.45, 2.75) is 58.2 Å². The van der Waals surface area contributed by atoms with Gasteiger partial charge in [0.2, 0.25) is 11.8 Å². The number of aromatic nitrogens is 2. The van der Waals surface area contributed by atoms with Crippen LogP contribution < -0.4 is 10.1 Å². The van der Waals surface area contributed by atoms with Crippen molar-refractivity contribution in [2.75, 3.05) is 7.11 Å². The lowest BCUT2D eigenvalue weighted by Gasteiger charge is -2.52. The maximum atomic E-state index is 13.3. The molecule has 4 rings (SSSR count). The van der Waals surface area contributed by atoms with E-state index < -0.39 is 17.0 Å². The molecule has 2 bridgehead atoms. The molecule has 3 aliphatic rings. The number of aryl methyl sites for hydroxylation is 2. The molecule has 25 heavy (non-hydrogen) atoms. The Morgan fingerprint density at radius 1 is 1.24 bits per heavy atom. The fourth-order valence-electron chi connectivity index (χ4n) is 4.45. The molecule has 3 saturated carbocycles. The molecule has 3 aliphatic carbocycles. The van der Waals surface area contributed by atoms with Crippen molar-refractivity contribution >= 4 is 5.91 Å². The van der Waals surface area contributed by atoms with Crippen molar-refractivity contribution in [2.24, 2.45) is 17.9 Å². The van der Waals surface area contributed by atoms with Gasteiger partial charge in [-0.15, -0.1) is 0 Å². The predicted molar refractivity (Wildman–Crippen MR) is 85.0 cm³/mol. The third-order valence-corrected chi connectivity index (χ3v) is 6.24. The first-order valence-corrected chi connectivity index (χ1v) is 8.56. The van der Waals surface area contributed by atoms with Gasteiger partial charge in [-0.25, -0.2) is 4.68 Å². The van der Waals surface area contributed by atoms with Gasteiger partial charge < -0.3 is 10.1 Å². The van der Waals surface area contributed by atoms with Crippen LogP contribution >= 0.6 is 0 Å². The summed E-state index contributed by atoms with van der Waals surface area (Å²) in [5, 5.41) is 7.18. The van der Waals surface area contributed by atoms with E-state index in [1.807, 2.05) is 6.92 Å². The molecular formula is C17H24F3N3O2. The lowest BCUT2D eigenvalue weighted by molar-refractivity contribution is -0.258. The summed E-state index contributed by atoms with van der Waals surface area (Å²) < 4.78 is 46.9. The number of carbonyl (C=O) groups is 1. The van der Waals surface area contributed by atoms with Crippen molar-refractivity contribution < 1.29 is 22.7 Å². The number of hydrogen-bond acceptors (Lipinski definition) is 3. The third-order valence-electron chi connectivity index (χ3n) is 6.24. The Bertz CT molecular complexity index is 657. The number of nitrogens with one attached hydrogen (secondary N) is 1. The van der Waals surface area contributed by atoms with E-state index in [9.17, 15) is 18.0 Å². The molecule has 1 heterocycles. The first-order chi connectivity index (χ1) is 11.6. The Morgan fingerprint density at radius 3 is 2.28 bits per heavy atom. The smallest absolute Gasteiger partial charge is 0.394 e. The minimum Gasteiger partial charge on any atom is -0.481 e. The molecule has 0 aromatic carbocycles. The lowest BCUT2D eigenvalue weighted by atomic mass is 9.53. The summed E-state index contributed by atoms with van der Waals surface area (Å²) in [6.07, 6.45) is -3.09. The molecule has 0 atom stereocenters. The van der Waals surface area contributed by atoms with Crippen LogP contribution in [0, 0.1) is 17.8 Å². The maximum Gasteiger partial charge on any atom is 0.394 e. The van der Waals surface area contributed by atoms with Gasteiger partial charge in [0.05, 0.1) is 23.8 Å². The van der Waals surface area contributed by atoms with Crippen LogP contribution in [-0.2, 0) is 18.4 Å². The van der Waals surface area contributed by atoms with Crippen molar-refractivity contribution in [1.82, 2.24) is 15.1 Å². The van der Waals surface area contributed by atoms with Gasteiger partial charge in [0, 0.05) is 19.0 Å². The Morgan fingerprint density at radius 2 is 1.80 bits per heavy atom. The van der Waals surface area contributed by atoms with E-state index in [-0.39, 0.29) is 31.7 Å². The normalized spacial score (nSPS) is 28.9. The van der Waals surface area contributed by atoms with Crippen molar-refractivity contribution in [1.29, 1.82) is 0 Å². The van der Waals surface area contributed by atoms with Gasteiger partial charge in [-0.2, -0.15) is 18.3 Å². The highest BCUT2D eigenvalue weighted by Crippen LogP contribution is 2.62. The molecule has 0 spiro atoms. The van der Waals surface area contributed by atoms with Gasteiger partial charge in [-0.05, 0) is 45.4 Å². The molecule has 1 amide bonds. The molecule has 0 saturated heterocycles. The molecule has 1 aromatic rings. The molecule has 140 valence electrons. The van der Waals surface area contributed by atoms with Gasteiger partial charge in [0.25, 0.3) is 0 Å². The number of fused-ring (bicyclic) bond motifs is 3. The zero-order chi connectivity index (χ0) is 18.5. The molecule has 0 radical (unpaired) electrons. The van der Waals surface area contributed by atoms with Gasteiger partial charge >= 0.3 is 6.18 Å². The zero-order valence-corrected chi connectivity index (χ0v) is 14.8. The van der Waals surface area contributed by atoms with Crippen LogP contribution in [0.1, 0.15) is 49.8 Å². The van der Waals surface area contributed by atoms with E-state index in [4.69, 9.17) is 4.74 Å². The van der Waals surface area contributed by atoms with Crippen LogP contribution in [0.3, 0.4) is 0 Å². The predicted octanol–water partition coefficient (Wildman–Crippen LogP) is 3.26. The van der Waals surface area contributed by atoms with Crippen LogP contribution in [0.15, 0.2) is 0 Å². The molecular weight excluding hydrogens is 335 g/mol. The highest BCUT2D eigenvalue weighted by Gasteiger charge is 2.62. The number of ether oxygens (including phenoxy) is 1. The molecule has 1 N–H and O–H groups in total. The van der Waals surface area contributed by atoms with Gasteiger partial charge in [0.1, 0.15) is 0 Å². The Balaban J connectivity index is 1.68. The van der Waals surface area contributed by atoms with Crippen LogP contribution in [-0.4, -0.2) is 29.0 Å². The number of amides is 1. The summed E-state index contributed by atoms with van der Waals surface area (Å²) in [4.78, 5) is 12.8. The first kappa shape index (κ1) is 18.1. The van der Waals surface area contributed by atoms with Gasteiger partial charge in [0.15, 0.2) is 0 Å². The number of hydrogen-bond donors (Lipinski definition) is 1. The largest absolute Gasteiger partial charge is 0.481 e. The van der Waals surface area contributed by atoms with E-state index in [0.29, 0.717) is 25.1 Å². The fourth-order valence-corrected chi connectivity index (χ4v) is 4.45. The first-order valence-electron chi connectivity index (χ1n) is 8.56. The summed E-state index contributed by atoms with van der Waals surface area (Å²) in [6, 6.07) is 0. The standard InChI is InChI=1S/C17H24F3N3O2/c1-11-12(13(25-3)23(2)22-11)10-21-14(24)15-4-7-16(8-5-15,9-6-15)17(18,19)20/h4-10H2,1-3H3,(H,21,24). The lowest BCUT2D eigenvalue weighted by Crippen LogP contribution is -2.54. The summed E-state index contributed by atoms with van der Waals surface area (Å²) >= 11 is 0. The minimum absolute atomic E-state index is 0.0547. The fraction of sp³-hybridized carbons (Fsp3) is 0.765. The Hall–Kier alpha value is -1.73. The Labute approximate surface area is 144 Å². The average molecular weight is 359 g/mol. The second kappa shape index (κ2) is 5.92. The average Bonchev–Trinajstić information content (AvgIpc) is 2.86. The monoisotopic (exact) mass is 359 g/mol. The van der Waals surface area contributed by atoms with Gasteiger partial charge in [-0.3, -0.25) is 4.79 Å². The third kappa shape index (κ3) is 2.79. The van der Waals surface area contributed by atoms with Gasteiger partial charge in [-0.1, -0.05) is 0 Å². The number of alkyl halides is 3. The van der Waals surface area contributed by atoms with E-state index in [2.05, 4.69) is 10.4 Å². The molecule has 3 fully saturated rings. The zero-order valence-electron chi connectivity index (χ0n) is 14.8. The van der Waals surface area contributed by atoms with Crippen molar-refractivity contribution in [3.8, 4) is 5.88 Å². The van der Waals surface area contributed by atoms with E-state index in [1.165, 1.54) is 0 Å². The van der Waals surface area contributed by atoms with E-state index in [1.54, 1.807) is 18.8 Å². The summed E-state index contributed by atoms with van der Waals surface area (Å²) in [7, 11) is 3.30. The van der Waals surface area contributed by atoms with Crippen LogP contribution in [0.25, 0.3) is 0 Å². The van der Waals surface area contributed by atoms with E-state index in [0.717, 1.165) is 11.3 Å². The summed E-state index contributed by atoms with van der Waals surface area (Å²) in [5.74, 6) is 0.437. The molecule has 1 aromatic heterocycles. The van der Waals surface area contributed by atoms with Crippen molar-refractivity contribution in [3.63, 3.8) is 0 Å². The number of methoxy groups -OCH3 is 1. The highest BCUT2D eigenvalue weighted by molar-refractivity contribution is 5.83. The van der Waals surface area contributed by atoms with Crippen LogP contribution in [0.2, 0.25) is 0 Å². The van der Waals surface area contributed by atoms with Crippen LogP contribution in [0.4, 0.5) is 13.2 Å². The van der Waals surface area contributed by atoms with E-state index >= 15 is 0 Å². The molecule has 8 heteroatoms. The van der Waals surface area contributed by atoms with Crippen molar-refractivity contribution in [3.05, 3.63) is 11.3 Å². The highest BCUT2D eigenvalue weighted by atomic mass is 19.4. The minimum atomic E-state index is -4.17. The second-order valence-corrected chi connectivity index (χ2v) is 7.44. The molecule has 0 aliphatic heterocycles. The number of halogens is 3. The number of nitrogens with zero attached hydrogens (tertiary/aromatic N) is 2. The number of rotatable bonds is 4. The SMILES string of the molecule is COc1c(CNC(=O)C23CCC(C(F)(F)F)(CC2)CC3)c(C)nn1C. The quantitative estimate of drug-likeness (QED) is 0.898. The molecule has 5 nitrogen and oxygen atoms in total. The second-order valence-electron chi connectivity index (χ2n) is 7.44.